The largest absolute Gasteiger partial charge is 0.328 e. The summed E-state index contributed by atoms with van der Waals surface area (Å²) in [6, 6.07) is 0.985. The molecule has 2 aliphatic rings. The molecule has 2 heterocycles. The summed E-state index contributed by atoms with van der Waals surface area (Å²) in [7, 11) is -2.84. The molecule has 6 heteroatoms. The average Bonchev–Trinajstić information content (AvgIpc) is 2.86. The van der Waals surface area contributed by atoms with Crippen LogP contribution in [0.15, 0.2) is 0 Å². The molecule has 0 radical (unpaired) electrons. The Morgan fingerprint density at radius 2 is 1.80 bits per heavy atom. The second-order valence-corrected chi connectivity index (χ2v) is 8.57. The number of nitrogens with two attached hydrogens (primary N) is 1. The highest BCUT2D eigenvalue weighted by Gasteiger charge is 2.30. The predicted molar refractivity (Wildman–Crippen MR) is 82.6 cm³/mol. The van der Waals surface area contributed by atoms with Crippen LogP contribution in [0.1, 0.15) is 32.6 Å². The van der Waals surface area contributed by atoms with Gasteiger partial charge in [0.2, 0.25) is 0 Å². The van der Waals surface area contributed by atoms with Gasteiger partial charge in [0.15, 0.2) is 9.84 Å². The van der Waals surface area contributed by atoms with Gasteiger partial charge in [-0.15, -0.1) is 0 Å². The van der Waals surface area contributed by atoms with Crippen molar-refractivity contribution in [3.63, 3.8) is 0 Å². The fourth-order valence-corrected chi connectivity index (χ4v) is 4.64. The molecule has 1 unspecified atom stereocenters. The monoisotopic (exact) mass is 303 g/mol. The van der Waals surface area contributed by atoms with Gasteiger partial charge in [-0.2, -0.15) is 0 Å². The van der Waals surface area contributed by atoms with Crippen molar-refractivity contribution in [3.8, 4) is 0 Å². The Balaban J connectivity index is 1.72. The van der Waals surface area contributed by atoms with E-state index in [0.717, 1.165) is 45.4 Å². The Kier molecular flexibility index (Phi) is 5.84. The van der Waals surface area contributed by atoms with E-state index < -0.39 is 9.84 Å². The van der Waals surface area contributed by atoms with E-state index in [0.29, 0.717) is 30.1 Å². The third kappa shape index (κ3) is 4.69. The van der Waals surface area contributed by atoms with Crippen LogP contribution in [-0.2, 0) is 9.84 Å². The van der Waals surface area contributed by atoms with E-state index in [2.05, 4.69) is 9.80 Å². The van der Waals surface area contributed by atoms with E-state index in [1.807, 2.05) is 6.92 Å². The first kappa shape index (κ1) is 16.2. The smallest absolute Gasteiger partial charge is 0.151 e. The summed E-state index contributed by atoms with van der Waals surface area (Å²) in [5.41, 5.74) is 5.94. The van der Waals surface area contributed by atoms with Crippen LogP contribution in [0, 0.1) is 0 Å². The molecule has 0 aliphatic carbocycles. The molecule has 2 aliphatic heterocycles. The van der Waals surface area contributed by atoms with Crippen molar-refractivity contribution in [2.24, 2.45) is 5.73 Å². The molecule has 0 aromatic rings. The quantitative estimate of drug-likeness (QED) is 0.765. The molecule has 118 valence electrons. The zero-order chi connectivity index (χ0) is 14.6. The van der Waals surface area contributed by atoms with Gasteiger partial charge >= 0.3 is 0 Å². The van der Waals surface area contributed by atoms with Crippen LogP contribution in [0.25, 0.3) is 0 Å². The molecule has 2 N–H and O–H groups in total. The minimum absolute atomic E-state index is 0.318. The Morgan fingerprint density at radius 3 is 2.45 bits per heavy atom. The Labute approximate surface area is 123 Å². The van der Waals surface area contributed by atoms with Gasteiger partial charge in [0.05, 0.1) is 5.75 Å². The molecule has 0 amide bonds. The standard InChI is InChI=1S/C14H29N3O2S/c1-2-10-20(18,19)11-9-16-6-5-14(12-16)17-7-3-13(15)4-8-17/h13-14H,2-12,15H2,1H3. The first-order valence-corrected chi connectivity index (χ1v) is 9.74. The van der Waals surface area contributed by atoms with Gasteiger partial charge in [0.1, 0.15) is 0 Å². The fraction of sp³-hybridized carbons (Fsp3) is 1.00. The molecule has 0 aromatic heterocycles. The number of rotatable bonds is 6. The van der Waals surface area contributed by atoms with E-state index in [1.165, 1.54) is 6.42 Å². The molecule has 2 rings (SSSR count). The number of hydrogen-bond acceptors (Lipinski definition) is 5. The molecule has 2 saturated heterocycles. The highest BCUT2D eigenvalue weighted by atomic mass is 32.2. The van der Waals surface area contributed by atoms with Crippen LogP contribution in [-0.4, -0.2) is 74.5 Å². The normalized spacial score (nSPS) is 27.2. The molecule has 5 nitrogen and oxygen atoms in total. The molecule has 0 spiro atoms. The third-order valence-electron chi connectivity index (χ3n) is 4.57. The third-order valence-corrected chi connectivity index (χ3v) is 6.41. The second kappa shape index (κ2) is 7.20. The van der Waals surface area contributed by atoms with Crippen LogP contribution in [0.5, 0.6) is 0 Å². The summed E-state index contributed by atoms with van der Waals surface area (Å²) < 4.78 is 23.5. The Morgan fingerprint density at radius 1 is 1.10 bits per heavy atom. The van der Waals surface area contributed by atoms with Crippen LogP contribution >= 0.6 is 0 Å². The molecule has 0 bridgehead atoms. The summed E-state index contributed by atoms with van der Waals surface area (Å²) in [5.74, 6) is 0.646. The zero-order valence-electron chi connectivity index (χ0n) is 12.6. The van der Waals surface area contributed by atoms with Crippen LogP contribution < -0.4 is 5.73 Å². The minimum Gasteiger partial charge on any atom is -0.328 e. The summed E-state index contributed by atoms with van der Waals surface area (Å²) in [4.78, 5) is 4.86. The van der Waals surface area contributed by atoms with Crippen molar-refractivity contribution in [2.45, 2.75) is 44.7 Å². The first-order chi connectivity index (χ1) is 9.50. The lowest BCUT2D eigenvalue weighted by Crippen LogP contribution is -2.46. The van der Waals surface area contributed by atoms with Gasteiger partial charge in [-0.1, -0.05) is 6.92 Å². The van der Waals surface area contributed by atoms with Crippen molar-refractivity contribution in [3.05, 3.63) is 0 Å². The lowest BCUT2D eigenvalue weighted by atomic mass is 10.0. The summed E-state index contributed by atoms with van der Waals surface area (Å²) in [5, 5.41) is 0. The average molecular weight is 303 g/mol. The van der Waals surface area contributed by atoms with E-state index in [1.54, 1.807) is 0 Å². The molecule has 0 saturated carbocycles. The SMILES string of the molecule is CCCS(=O)(=O)CCN1CCC(N2CCC(N)CC2)C1. The predicted octanol–water partition coefficient (Wildman–Crippen LogP) is 0.309. The number of likely N-dealkylation sites (tertiary alicyclic amines) is 2. The van der Waals surface area contributed by atoms with Crippen LogP contribution in [0.3, 0.4) is 0 Å². The molecule has 0 aromatic carbocycles. The Hall–Kier alpha value is -0.170. The highest BCUT2D eigenvalue weighted by Crippen LogP contribution is 2.19. The van der Waals surface area contributed by atoms with Crippen LogP contribution in [0.2, 0.25) is 0 Å². The van der Waals surface area contributed by atoms with Crippen molar-refractivity contribution in [2.75, 3.05) is 44.2 Å². The van der Waals surface area contributed by atoms with Gasteiger partial charge in [-0.05, 0) is 45.3 Å². The molecular weight excluding hydrogens is 274 g/mol. The van der Waals surface area contributed by atoms with Crippen molar-refractivity contribution in [1.82, 2.24) is 9.80 Å². The molecule has 2 fully saturated rings. The Bertz CT molecular complexity index is 391. The molecule has 1 atom stereocenters. The van der Waals surface area contributed by atoms with Crippen molar-refractivity contribution in [1.29, 1.82) is 0 Å². The number of piperidine rings is 1. The van der Waals surface area contributed by atoms with E-state index in [9.17, 15) is 8.42 Å². The zero-order valence-corrected chi connectivity index (χ0v) is 13.4. The number of sulfone groups is 1. The lowest BCUT2D eigenvalue weighted by Gasteiger charge is -2.34. The number of hydrogen-bond donors (Lipinski definition) is 1. The lowest BCUT2D eigenvalue weighted by molar-refractivity contribution is 0.153. The van der Waals surface area contributed by atoms with Gasteiger partial charge in [-0.25, -0.2) is 8.42 Å². The maximum absolute atomic E-state index is 11.8. The topological polar surface area (TPSA) is 66.6 Å². The molecular formula is C14H29N3O2S. The van der Waals surface area contributed by atoms with E-state index >= 15 is 0 Å². The van der Waals surface area contributed by atoms with Gasteiger partial charge < -0.3 is 10.6 Å². The fourth-order valence-electron chi connectivity index (χ4n) is 3.28. The maximum atomic E-state index is 11.8. The summed E-state index contributed by atoms with van der Waals surface area (Å²) >= 11 is 0. The van der Waals surface area contributed by atoms with E-state index in [4.69, 9.17) is 5.73 Å². The summed E-state index contributed by atoms with van der Waals surface area (Å²) in [6.07, 6.45) is 4.09. The molecule has 20 heavy (non-hydrogen) atoms. The van der Waals surface area contributed by atoms with E-state index in [-0.39, 0.29) is 0 Å². The van der Waals surface area contributed by atoms with Gasteiger partial charge in [0.25, 0.3) is 0 Å². The van der Waals surface area contributed by atoms with Crippen LogP contribution in [0.4, 0.5) is 0 Å². The highest BCUT2D eigenvalue weighted by molar-refractivity contribution is 7.91. The maximum Gasteiger partial charge on any atom is 0.151 e. The second-order valence-electron chi connectivity index (χ2n) is 6.27. The van der Waals surface area contributed by atoms with Gasteiger partial charge in [-0.3, -0.25) is 4.90 Å². The number of nitrogens with zero attached hydrogens (tertiary/aromatic N) is 2. The van der Waals surface area contributed by atoms with Crippen molar-refractivity contribution >= 4 is 9.84 Å². The first-order valence-electron chi connectivity index (χ1n) is 7.92. The summed E-state index contributed by atoms with van der Waals surface area (Å²) in [6.45, 7) is 6.89. The minimum atomic E-state index is -2.84. The van der Waals surface area contributed by atoms with Crippen molar-refractivity contribution < 1.29 is 8.42 Å². The van der Waals surface area contributed by atoms with Gasteiger partial charge in [0, 0.05) is 30.9 Å².